The summed E-state index contributed by atoms with van der Waals surface area (Å²) in [6.07, 6.45) is 0.539. The molecule has 0 spiro atoms. The molecule has 4 aromatic rings. The van der Waals surface area contributed by atoms with E-state index in [1.165, 1.54) is 5.39 Å². The van der Waals surface area contributed by atoms with Crippen molar-refractivity contribution in [1.82, 2.24) is 0 Å². The molecule has 0 bridgehead atoms. The molecule has 4 nitrogen and oxygen atoms in total. The van der Waals surface area contributed by atoms with E-state index in [1.54, 1.807) is 30.1 Å². The number of phenols is 1. The summed E-state index contributed by atoms with van der Waals surface area (Å²) in [5, 5.41) is 12.7. The van der Waals surface area contributed by atoms with Crippen LogP contribution < -0.4 is 9.89 Å². The Morgan fingerprint density at radius 3 is 2.47 bits per heavy atom. The lowest BCUT2D eigenvalue weighted by atomic mass is 9.99. The quantitative estimate of drug-likeness (QED) is 0.509. The minimum atomic E-state index is -0.462. The lowest BCUT2D eigenvalue weighted by molar-refractivity contribution is -0.485. The molecule has 0 saturated carbocycles. The van der Waals surface area contributed by atoms with Gasteiger partial charge in [-0.15, -0.1) is 0 Å². The SMILES string of the molecule is CN1C(=O)C(Cc2ccc3ccccc3c2)[NH+]=C(c2ccc(O)cc2)c2cc(Cl)ccc21. The first-order valence-electron chi connectivity index (χ1n) is 10.5. The van der Waals surface area contributed by atoms with Crippen molar-refractivity contribution < 1.29 is 14.9 Å². The molecule has 1 unspecified atom stereocenters. The standard InChI is InChI=1S/C27H21ClN2O2/c1-30-25-13-10-21(28)16-23(25)26(19-8-11-22(31)12-9-19)29-24(27(30)32)15-17-6-7-18-4-2-3-5-20(18)14-17/h2-14,16,24,31H,15H2,1H3/p+1. The topological polar surface area (TPSA) is 54.5 Å². The van der Waals surface area contributed by atoms with E-state index in [4.69, 9.17) is 11.6 Å². The van der Waals surface area contributed by atoms with E-state index < -0.39 is 6.04 Å². The predicted molar refractivity (Wildman–Crippen MR) is 129 cm³/mol. The number of phenolic OH excluding ortho intramolecular Hbond substituents is 1. The average molecular weight is 442 g/mol. The molecule has 1 heterocycles. The second kappa shape index (κ2) is 8.13. The molecule has 1 atom stereocenters. The summed E-state index contributed by atoms with van der Waals surface area (Å²) < 4.78 is 0. The van der Waals surface area contributed by atoms with Crippen molar-refractivity contribution in [3.05, 3.63) is 107 Å². The van der Waals surface area contributed by atoms with Crippen molar-refractivity contribution in [2.24, 2.45) is 0 Å². The van der Waals surface area contributed by atoms with Gasteiger partial charge >= 0.3 is 0 Å². The fourth-order valence-corrected chi connectivity index (χ4v) is 4.45. The number of benzodiazepines with no additional fused rings is 1. The number of nitrogens with one attached hydrogen (secondary N) is 1. The Morgan fingerprint density at radius 2 is 1.69 bits per heavy atom. The maximum absolute atomic E-state index is 13.5. The van der Waals surface area contributed by atoms with Crippen molar-refractivity contribution in [1.29, 1.82) is 0 Å². The van der Waals surface area contributed by atoms with Crippen molar-refractivity contribution in [2.75, 3.05) is 11.9 Å². The summed E-state index contributed by atoms with van der Waals surface area (Å²) in [6.45, 7) is 0. The molecule has 0 aliphatic carbocycles. The molecule has 158 valence electrons. The number of amides is 1. The Balaban J connectivity index is 1.63. The van der Waals surface area contributed by atoms with Crippen LogP contribution in [0.15, 0.2) is 84.9 Å². The number of nitrogens with zero attached hydrogens (tertiary/aromatic N) is 1. The molecule has 0 saturated heterocycles. The van der Waals surface area contributed by atoms with Gasteiger partial charge in [0.05, 0.1) is 11.3 Å². The van der Waals surface area contributed by atoms with Gasteiger partial charge in [0.15, 0.2) is 0 Å². The summed E-state index contributed by atoms with van der Waals surface area (Å²) in [5.74, 6) is 0.172. The maximum atomic E-state index is 13.5. The highest BCUT2D eigenvalue weighted by atomic mass is 35.5. The molecular formula is C27H22ClN2O2+. The van der Waals surface area contributed by atoms with Gasteiger partial charge in [-0.2, -0.15) is 0 Å². The fraction of sp³-hybridized carbons (Fsp3) is 0.111. The van der Waals surface area contributed by atoms with Crippen molar-refractivity contribution in [2.45, 2.75) is 12.5 Å². The van der Waals surface area contributed by atoms with Crippen LogP contribution >= 0.6 is 11.6 Å². The molecule has 0 aromatic heterocycles. The van der Waals surface area contributed by atoms with Crippen molar-refractivity contribution in [3.63, 3.8) is 0 Å². The molecule has 32 heavy (non-hydrogen) atoms. The van der Waals surface area contributed by atoms with Crippen LogP contribution in [0, 0.1) is 0 Å². The number of rotatable bonds is 3. The number of likely N-dealkylation sites (N-methyl/N-ethyl adjacent to an activating group) is 1. The first-order chi connectivity index (χ1) is 15.5. The molecule has 1 amide bonds. The summed E-state index contributed by atoms with van der Waals surface area (Å²) in [5.41, 5.74) is 4.40. The summed E-state index contributed by atoms with van der Waals surface area (Å²) >= 11 is 6.33. The van der Waals surface area contributed by atoms with Gasteiger partial charge in [0.1, 0.15) is 5.75 Å². The lowest BCUT2D eigenvalue weighted by Crippen LogP contribution is -2.83. The highest BCUT2D eigenvalue weighted by Crippen LogP contribution is 2.28. The van der Waals surface area contributed by atoms with Gasteiger partial charge in [-0.25, -0.2) is 4.99 Å². The van der Waals surface area contributed by atoms with Gasteiger partial charge in [0.2, 0.25) is 11.8 Å². The third-order valence-electron chi connectivity index (χ3n) is 5.95. The monoisotopic (exact) mass is 441 g/mol. The number of benzene rings is 4. The first-order valence-corrected chi connectivity index (χ1v) is 10.9. The van der Waals surface area contributed by atoms with Crippen LogP contribution in [0.25, 0.3) is 10.8 Å². The van der Waals surface area contributed by atoms with E-state index in [0.717, 1.165) is 33.5 Å². The molecule has 0 fully saturated rings. The number of aromatic hydroxyl groups is 1. The van der Waals surface area contributed by atoms with E-state index in [2.05, 4.69) is 35.3 Å². The van der Waals surface area contributed by atoms with Gasteiger partial charge in [-0.05, 0) is 58.8 Å². The summed E-state index contributed by atoms with van der Waals surface area (Å²) in [7, 11) is 1.80. The van der Waals surface area contributed by atoms with Crippen LogP contribution in [-0.2, 0) is 11.2 Å². The number of carbonyl (C=O) groups is 1. The summed E-state index contributed by atoms with van der Waals surface area (Å²) in [4.78, 5) is 18.7. The predicted octanol–water partition coefficient (Wildman–Crippen LogP) is 3.70. The smallest absolute Gasteiger partial charge is 0.295 e. The second-order valence-electron chi connectivity index (χ2n) is 8.06. The van der Waals surface area contributed by atoms with E-state index in [1.807, 2.05) is 36.4 Å². The minimum absolute atomic E-state index is 0.0180. The third-order valence-corrected chi connectivity index (χ3v) is 6.18. The zero-order valence-electron chi connectivity index (χ0n) is 17.5. The molecule has 4 aromatic carbocycles. The zero-order valence-corrected chi connectivity index (χ0v) is 18.3. The lowest BCUT2D eigenvalue weighted by Gasteiger charge is -2.18. The minimum Gasteiger partial charge on any atom is -0.508 e. The first kappa shape index (κ1) is 20.3. The van der Waals surface area contributed by atoms with Crippen LogP contribution in [0.2, 0.25) is 5.02 Å². The van der Waals surface area contributed by atoms with Gasteiger partial charge in [-0.3, -0.25) is 4.79 Å². The molecule has 0 radical (unpaired) electrons. The van der Waals surface area contributed by atoms with Gasteiger partial charge in [0, 0.05) is 24.1 Å². The molecule has 5 rings (SSSR count). The van der Waals surface area contributed by atoms with Gasteiger partial charge < -0.3 is 10.0 Å². The normalized spacial score (nSPS) is 15.9. The van der Waals surface area contributed by atoms with Crippen LogP contribution in [0.5, 0.6) is 5.75 Å². The Morgan fingerprint density at radius 1 is 0.938 bits per heavy atom. The van der Waals surface area contributed by atoms with Gasteiger partial charge in [0.25, 0.3) is 5.91 Å². The highest BCUT2D eigenvalue weighted by molar-refractivity contribution is 6.31. The Kier molecular flexibility index (Phi) is 5.16. The van der Waals surface area contributed by atoms with Crippen LogP contribution in [-0.4, -0.2) is 29.8 Å². The summed E-state index contributed by atoms with van der Waals surface area (Å²) in [6, 6.07) is 26.5. The van der Waals surface area contributed by atoms with E-state index in [0.29, 0.717) is 11.4 Å². The van der Waals surface area contributed by atoms with Crippen LogP contribution in [0.3, 0.4) is 0 Å². The molecule has 5 heteroatoms. The van der Waals surface area contributed by atoms with E-state index >= 15 is 0 Å². The van der Waals surface area contributed by atoms with Crippen LogP contribution in [0.1, 0.15) is 16.7 Å². The van der Waals surface area contributed by atoms with Crippen molar-refractivity contribution in [3.8, 4) is 5.75 Å². The second-order valence-corrected chi connectivity index (χ2v) is 8.50. The zero-order chi connectivity index (χ0) is 22.2. The number of halogens is 1. The largest absolute Gasteiger partial charge is 0.508 e. The van der Waals surface area contributed by atoms with E-state index in [9.17, 15) is 9.90 Å². The Labute approximate surface area is 191 Å². The fourth-order valence-electron chi connectivity index (χ4n) is 4.27. The Hall–Kier alpha value is -3.63. The van der Waals surface area contributed by atoms with Crippen LogP contribution in [0.4, 0.5) is 5.69 Å². The maximum Gasteiger partial charge on any atom is 0.295 e. The Bertz CT molecular complexity index is 1360. The molecule has 1 aliphatic heterocycles. The van der Waals surface area contributed by atoms with Crippen molar-refractivity contribution >= 4 is 39.7 Å². The number of fused-ring (bicyclic) bond motifs is 2. The third kappa shape index (κ3) is 3.74. The molecule has 2 N–H and O–H groups in total. The number of hydrogen-bond acceptors (Lipinski definition) is 2. The highest BCUT2D eigenvalue weighted by Gasteiger charge is 2.35. The number of carbonyl (C=O) groups excluding carboxylic acids is 1. The number of hydrogen-bond donors (Lipinski definition) is 2. The van der Waals surface area contributed by atoms with Gasteiger partial charge in [-0.1, -0.05) is 54.1 Å². The molecule has 1 aliphatic rings. The molecular weight excluding hydrogens is 420 g/mol. The average Bonchev–Trinajstić information content (AvgIpc) is 2.90. The number of anilines is 1. The van der Waals surface area contributed by atoms with E-state index in [-0.39, 0.29) is 11.7 Å².